The molecule has 2 aromatic rings. The third-order valence-electron chi connectivity index (χ3n) is 7.41. The minimum atomic E-state index is -4.77. The molecular formula is C27H26F4N4O4. The lowest BCUT2D eigenvalue weighted by atomic mass is 9.89. The van der Waals surface area contributed by atoms with Gasteiger partial charge in [0.2, 0.25) is 0 Å². The van der Waals surface area contributed by atoms with Crippen LogP contribution in [0.5, 0.6) is 0 Å². The van der Waals surface area contributed by atoms with Crippen molar-refractivity contribution in [2.24, 2.45) is 0 Å². The first-order valence-electron chi connectivity index (χ1n) is 12.8. The SMILES string of the molecule is N#Cc1ccc(N2C(=O)N(c3ccc(C(=O)NOCC4CCCO4)c(F)c3)[C@@H]3CCCC[C@H]32)cc1C(F)(F)F. The maximum absolute atomic E-state index is 15.1. The molecule has 39 heavy (non-hydrogen) atoms. The molecular weight excluding hydrogens is 520 g/mol. The van der Waals surface area contributed by atoms with Crippen molar-refractivity contribution < 1.29 is 36.7 Å². The summed E-state index contributed by atoms with van der Waals surface area (Å²) in [7, 11) is 0. The first kappa shape index (κ1) is 26.9. The topological polar surface area (TPSA) is 94.9 Å². The number of carbonyl (C=O) groups excluding carboxylic acids is 2. The van der Waals surface area contributed by atoms with Gasteiger partial charge in [-0.2, -0.15) is 18.4 Å². The van der Waals surface area contributed by atoms with Gasteiger partial charge in [-0.25, -0.2) is 14.7 Å². The van der Waals surface area contributed by atoms with E-state index in [1.54, 1.807) is 6.07 Å². The van der Waals surface area contributed by atoms with Gasteiger partial charge in [0, 0.05) is 18.0 Å². The molecule has 1 aliphatic carbocycles. The number of fused-ring (bicyclic) bond motifs is 1. The van der Waals surface area contributed by atoms with Crippen molar-refractivity contribution >= 4 is 23.3 Å². The van der Waals surface area contributed by atoms with Crippen LogP contribution in [-0.2, 0) is 15.8 Å². The molecule has 5 rings (SSSR count). The number of nitriles is 1. The zero-order valence-electron chi connectivity index (χ0n) is 20.8. The zero-order valence-corrected chi connectivity index (χ0v) is 20.8. The van der Waals surface area contributed by atoms with Gasteiger partial charge in [-0.1, -0.05) is 12.8 Å². The Morgan fingerprint density at radius 3 is 2.31 bits per heavy atom. The lowest BCUT2D eigenvalue weighted by Gasteiger charge is -2.32. The summed E-state index contributed by atoms with van der Waals surface area (Å²) in [6.45, 7) is 0.763. The van der Waals surface area contributed by atoms with Crippen molar-refractivity contribution in [3.8, 4) is 6.07 Å². The number of nitrogens with zero attached hydrogens (tertiary/aromatic N) is 3. The number of anilines is 2. The van der Waals surface area contributed by atoms with Gasteiger partial charge in [-0.05, 0) is 62.1 Å². The quantitative estimate of drug-likeness (QED) is 0.391. The van der Waals surface area contributed by atoms with Gasteiger partial charge in [0.15, 0.2) is 0 Å². The van der Waals surface area contributed by atoms with Crippen LogP contribution in [0.15, 0.2) is 36.4 Å². The summed E-state index contributed by atoms with van der Waals surface area (Å²) >= 11 is 0. The van der Waals surface area contributed by atoms with Crippen LogP contribution in [0.1, 0.15) is 60.0 Å². The van der Waals surface area contributed by atoms with Crippen LogP contribution in [-0.4, -0.2) is 43.3 Å². The van der Waals surface area contributed by atoms with E-state index in [9.17, 15) is 22.8 Å². The summed E-state index contributed by atoms with van der Waals surface area (Å²) in [5, 5.41) is 9.14. The van der Waals surface area contributed by atoms with E-state index in [1.807, 2.05) is 0 Å². The van der Waals surface area contributed by atoms with Gasteiger partial charge in [0.1, 0.15) is 12.4 Å². The minimum absolute atomic E-state index is 0.0191. The van der Waals surface area contributed by atoms with Crippen molar-refractivity contribution in [3.63, 3.8) is 0 Å². The average molecular weight is 547 g/mol. The summed E-state index contributed by atoms with van der Waals surface area (Å²) in [6.07, 6.45) is -0.485. The number of rotatable bonds is 6. The second-order valence-electron chi connectivity index (χ2n) is 9.82. The van der Waals surface area contributed by atoms with Crippen LogP contribution in [0.25, 0.3) is 0 Å². The number of halogens is 4. The molecule has 0 aromatic heterocycles. The number of hydrogen-bond acceptors (Lipinski definition) is 5. The highest BCUT2D eigenvalue weighted by molar-refractivity contribution is 6.08. The Hall–Kier alpha value is -3.69. The number of nitrogens with one attached hydrogen (secondary N) is 1. The van der Waals surface area contributed by atoms with E-state index in [0.717, 1.165) is 43.9 Å². The number of hydrogen-bond donors (Lipinski definition) is 1. The van der Waals surface area contributed by atoms with Gasteiger partial charge < -0.3 is 4.74 Å². The molecule has 3 aliphatic rings. The Labute approximate surface area is 222 Å². The fourth-order valence-electron chi connectivity index (χ4n) is 5.58. The maximum Gasteiger partial charge on any atom is 0.417 e. The number of urea groups is 1. The molecule has 2 saturated heterocycles. The van der Waals surface area contributed by atoms with Crippen molar-refractivity contribution in [3.05, 3.63) is 58.9 Å². The molecule has 3 fully saturated rings. The Kier molecular flexibility index (Phi) is 7.46. The molecule has 12 heteroatoms. The molecule has 3 atom stereocenters. The Morgan fingerprint density at radius 2 is 1.72 bits per heavy atom. The van der Waals surface area contributed by atoms with Crippen LogP contribution >= 0.6 is 0 Å². The smallest absolute Gasteiger partial charge is 0.376 e. The van der Waals surface area contributed by atoms with Crippen molar-refractivity contribution in [2.75, 3.05) is 23.0 Å². The standard InChI is InChI=1S/C27H26F4N4O4/c28-22-13-18(9-10-20(22)25(36)33-39-15-19-4-3-11-38-19)35-24-6-2-1-5-23(24)34(26(35)37)17-8-7-16(14-32)21(12-17)27(29,30)31/h7-10,12-13,19,23-24H,1-6,11,15H2,(H,33,36)/t19?,23-,24-/m1/s1. The van der Waals surface area contributed by atoms with Gasteiger partial charge in [0.25, 0.3) is 5.91 Å². The van der Waals surface area contributed by atoms with E-state index in [1.165, 1.54) is 28.0 Å². The van der Waals surface area contributed by atoms with E-state index in [-0.39, 0.29) is 29.6 Å². The Bertz CT molecular complexity index is 1310. The van der Waals surface area contributed by atoms with E-state index in [2.05, 4.69) is 5.48 Å². The van der Waals surface area contributed by atoms with E-state index in [4.69, 9.17) is 14.8 Å². The van der Waals surface area contributed by atoms with E-state index < -0.39 is 47.1 Å². The number of hydroxylamine groups is 1. The lowest BCUT2D eigenvalue weighted by Crippen LogP contribution is -2.40. The fraction of sp³-hybridized carbons (Fsp3) is 0.444. The van der Waals surface area contributed by atoms with Gasteiger partial charge in [-0.15, -0.1) is 0 Å². The highest BCUT2D eigenvalue weighted by Crippen LogP contribution is 2.42. The molecule has 0 spiro atoms. The van der Waals surface area contributed by atoms with Crippen LogP contribution in [0.3, 0.4) is 0 Å². The number of amides is 3. The normalized spacial score (nSPS) is 23.1. The van der Waals surface area contributed by atoms with Gasteiger partial charge >= 0.3 is 12.2 Å². The number of carbonyl (C=O) groups is 2. The van der Waals surface area contributed by atoms with E-state index >= 15 is 4.39 Å². The number of benzene rings is 2. The fourth-order valence-corrected chi connectivity index (χ4v) is 5.58. The molecule has 8 nitrogen and oxygen atoms in total. The third-order valence-corrected chi connectivity index (χ3v) is 7.41. The molecule has 1 unspecified atom stereocenters. The molecule has 2 aliphatic heterocycles. The molecule has 1 N–H and O–H groups in total. The van der Waals surface area contributed by atoms with Crippen LogP contribution in [0.2, 0.25) is 0 Å². The van der Waals surface area contributed by atoms with Crippen molar-refractivity contribution in [2.45, 2.75) is 62.9 Å². The minimum Gasteiger partial charge on any atom is -0.376 e. The number of ether oxygens (including phenoxy) is 1. The van der Waals surface area contributed by atoms with Crippen LogP contribution in [0, 0.1) is 17.1 Å². The molecule has 206 valence electrons. The summed E-state index contributed by atoms with van der Waals surface area (Å²) < 4.78 is 61.3. The number of alkyl halides is 3. The first-order valence-corrected chi connectivity index (χ1v) is 12.8. The largest absolute Gasteiger partial charge is 0.417 e. The Morgan fingerprint density at radius 1 is 1.05 bits per heavy atom. The molecule has 0 radical (unpaired) electrons. The second-order valence-corrected chi connectivity index (χ2v) is 9.82. The van der Waals surface area contributed by atoms with Gasteiger partial charge in [0.05, 0.1) is 40.9 Å². The summed E-state index contributed by atoms with van der Waals surface area (Å²) in [6, 6.07) is 7.06. The zero-order chi connectivity index (χ0) is 27.7. The molecule has 3 amide bonds. The predicted molar refractivity (Wildman–Crippen MR) is 131 cm³/mol. The first-order chi connectivity index (χ1) is 18.7. The molecule has 2 aromatic carbocycles. The van der Waals surface area contributed by atoms with Crippen molar-refractivity contribution in [1.82, 2.24) is 5.48 Å². The predicted octanol–water partition coefficient (Wildman–Crippen LogP) is 5.31. The van der Waals surface area contributed by atoms with Crippen LogP contribution in [0.4, 0.5) is 33.7 Å². The molecule has 1 saturated carbocycles. The maximum atomic E-state index is 15.1. The van der Waals surface area contributed by atoms with Crippen molar-refractivity contribution in [1.29, 1.82) is 5.26 Å². The second kappa shape index (κ2) is 10.8. The highest BCUT2D eigenvalue weighted by atomic mass is 19.4. The lowest BCUT2D eigenvalue weighted by molar-refractivity contribution is -0.137. The summed E-state index contributed by atoms with van der Waals surface area (Å²) in [4.78, 5) is 33.9. The average Bonchev–Trinajstić information content (AvgIpc) is 3.53. The summed E-state index contributed by atoms with van der Waals surface area (Å²) in [5.74, 6) is -1.67. The third kappa shape index (κ3) is 5.29. The molecule has 0 bridgehead atoms. The highest BCUT2D eigenvalue weighted by Gasteiger charge is 2.48. The van der Waals surface area contributed by atoms with Crippen LogP contribution < -0.4 is 15.3 Å². The monoisotopic (exact) mass is 546 g/mol. The summed E-state index contributed by atoms with van der Waals surface area (Å²) in [5.41, 5.74) is 0.476. The molecule has 2 heterocycles. The van der Waals surface area contributed by atoms with E-state index in [0.29, 0.717) is 19.4 Å². The Balaban J connectivity index is 1.39. The van der Waals surface area contributed by atoms with Gasteiger partial charge in [-0.3, -0.25) is 19.4 Å².